The number of hydrogen-bond acceptors (Lipinski definition) is 2. The SMILES string of the molecule is C[C@@H]1CC[C@@H]2[C@H](CC[C@@H]3C[C@H](O)CC[C@@]32C)C1=O. The largest absolute Gasteiger partial charge is 0.393 e. The van der Waals surface area contributed by atoms with E-state index < -0.39 is 0 Å². The molecule has 3 rings (SSSR count). The van der Waals surface area contributed by atoms with Gasteiger partial charge in [0.05, 0.1) is 6.10 Å². The second kappa shape index (κ2) is 4.33. The van der Waals surface area contributed by atoms with Gasteiger partial charge in [-0.3, -0.25) is 4.79 Å². The Hall–Kier alpha value is -0.370. The first-order chi connectivity index (χ1) is 8.52. The van der Waals surface area contributed by atoms with Crippen LogP contribution in [-0.2, 0) is 4.79 Å². The van der Waals surface area contributed by atoms with Gasteiger partial charge in [0, 0.05) is 11.8 Å². The van der Waals surface area contributed by atoms with Crippen molar-refractivity contribution in [2.75, 3.05) is 0 Å². The molecule has 102 valence electrons. The molecule has 3 saturated carbocycles. The summed E-state index contributed by atoms with van der Waals surface area (Å²) in [7, 11) is 0. The lowest BCUT2D eigenvalue weighted by atomic mass is 9.48. The molecule has 2 nitrogen and oxygen atoms in total. The molecule has 0 aromatic rings. The Morgan fingerprint density at radius 2 is 1.94 bits per heavy atom. The molecule has 0 spiro atoms. The predicted octanol–water partition coefficient (Wildman–Crippen LogP) is 3.18. The van der Waals surface area contributed by atoms with Gasteiger partial charge in [-0.1, -0.05) is 13.8 Å². The Morgan fingerprint density at radius 1 is 1.17 bits per heavy atom. The molecule has 0 bridgehead atoms. The van der Waals surface area contributed by atoms with Gasteiger partial charge in [0.2, 0.25) is 0 Å². The van der Waals surface area contributed by atoms with Crippen molar-refractivity contribution in [3.05, 3.63) is 0 Å². The van der Waals surface area contributed by atoms with Gasteiger partial charge in [0.15, 0.2) is 0 Å². The highest BCUT2D eigenvalue weighted by molar-refractivity contribution is 5.84. The van der Waals surface area contributed by atoms with Gasteiger partial charge in [-0.2, -0.15) is 0 Å². The summed E-state index contributed by atoms with van der Waals surface area (Å²) in [6, 6.07) is 0. The van der Waals surface area contributed by atoms with Gasteiger partial charge in [-0.15, -0.1) is 0 Å². The predicted molar refractivity (Wildman–Crippen MR) is 71.1 cm³/mol. The van der Waals surface area contributed by atoms with E-state index in [-0.39, 0.29) is 6.10 Å². The van der Waals surface area contributed by atoms with Gasteiger partial charge in [0.25, 0.3) is 0 Å². The van der Waals surface area contributed by atoms with Crippen molar-refractivity contribution < 1.29 is 9.90 Å². The van der Waals surface area contributed by atoms with Crippen LogP contribution in [0.5, 0.6) is 0 Å². The Kier molecular flexibility index (Phi) is 3.04. The Balaban J connectivity index is 1.86. The number of ketones is 1. The van der Waals surface area contributed by atoms with E-state index in [4.69, 9.17) is 0 Å². The highest BCUT2D eigenvalue weighted by Gasteiger charge is 2.53. The lowest BCUT2D eigenvalue weighted by Crippen LogP contribution is -2.52. The minimum Gasteiger partial charge on any atom is -0.393 e. The van der Waals surface area contributed by atoms with Crippen LogP contribution in [0.1, 0.15) is 58.8 Å². The first-order valence-corrected chi connectivity index (χ1v) is 7.74. The highest BCUT2D eigenvalue weighted by Crippen LogP contribution is 2.58. The fourth-order valence-electron chi connectivity index (χ4n) is 5.18. The number of aliphatic hydroxyl groups is 1. The van der Waals surface area contributed by atoms with Crippen LogP contribution in [0.4, 0.5) is 0 Å². The molecular weight excluding hydrogens is 224 g/mol. The van der Waals surface area contributed by atoms with Crippen LogP contribution in [0.3, 0.4) is 0 Å². The second-order valence-corrected chi connectivity index (χ2v) is 7.30. The first-order valence-electron chi connectivity index (χ1n) is 7.74. The van der Waals surface area contributed by atoms with Crippen molar-refractivity contribution in [3.63, 3.8) is 0 Å². The van der Waals surface area contributed by atoms with Crippen molar-refractivity contribution in [1.29, 1.82) is 0 Å². The van der Waals surface area contributed by atoms with E-state index in [1.807, 2.05) is 0 Å². The van der Waals surface area contributed by atoms with Crippen molar-refractivity contribution in [2.45, 2.75) is 64.9 Å². The molecule has 0 aromatic carbocycles. The summed E-state index contributed by atoms with van der Waals surface area (Å²) in [6.45, 7) is 4.52. The number of hydrogen-bond donors (Lipinski definition) is 1. The molecule has 3 fully saturated rings. The Morgan fingerprint density at radius 3 is 2.72 bits per heavy atom. The minimum atomic E-state index is -0.0853. The molecule has 0 aliphatic heterocycles. The molecule has 0 amide bonds. The quantitative estimate of drug-likeness (QED) is 0.717. The first kappa shape index (κ1) is 12.7. The van der Waals surface area contributed by atoms with Crippen LogP contribution in [0.15, 0.2) is 0 Å². The van der Waals surface area contributed by atoms with Gasteiger partial charge in [-0.25, -0.2) is 0 Å². The number of aliphatic hydroxyl groups excluding tert-OH is 1. The molecule has 2 heteroatoms. The molecule has 0 unspecified atom stereocenters. The van der Waals surface area contributed by atoms with Crippen LogP contribution in [-0.4, -0.2) is 17.0 Å². The van der Waals surface area contributed by atoms with E-state index >= 15 is 0 Å². The molecule has 3 aliphatic rings. The zero-order chi connectivity index (χ0) is 12.9. The summed E-state index contributed by atoms with van der Waals surface area (Å²) < 4.78 is 0. The standard InChI is InChI=1S/C16H26O2/c1-10-3-6-14-13(15(10)18)5-4-11-9-12(17)7-8-16(11,14)2/h10-14,17H,3-9H2,1-2H3/t10-,11-,12-,13+,14-,16+/m1/s1. The van der Waals surface area contributed by atoms with Crippen molar-refractivity contribution in [1.82, 2.24) is 0 Å². The number of fused-ring (bicyclic) bond motifs is 3. The average Bonchev–Trinajstić information content (AvgIpc) is 2.34. The minimum absolute atomic E-state index is 0.0853. The van der Waals surface area contributed by atoms with Crippen LogP contribution in [0.25, 0.3) is 0 Å². The normalized spacial score (nSPS) is 52.6. The third-order valence-electron chi connectivity index (χ3n) is 6.43. The molecule has 0 saturated heterocycles. The summed E-state index contributed by atoms with van der Waals surface area (Å²) in [5, 5.41) is 9.89. The molecular formula is C16H26O2. The number of carbonyl (C=O) groups is 1. The van der Waals surface area contributed by atoms with Crippen molar-refractivity contribution in [3.8, 4) is 0 Å². The zero-order valence-electron chi connectivity index (χ0n) is 11.7. The topological polar surface area (TPSA) is 37.3 Å². The molecule has 3 aliphatic carbocycles. The molecule has 1 N–H and O–H groups in total. The van der Waals surface area contributed by atoms with Crippen LogP contribution in [0, 0.1) is 29.1 Å². The van der Waals surface area contributed by atoms with Crippen LogP contribution < -0.4 is 0 Å². The van der Waals surface area contributed by atoms with Crippen LogP contribution >= 0.6 is 0 Å². The lowest BCUT2D eigenvalue weighted by Gasteiger charge is -2.56. The number of carbonyl (C=O) groups excluding carboxylic acids is 1. The summed E-state index contributed by atoms with van der Waals surface area (Å²) >= 11 is 0. The Bertz CT molecular complexity index is 351. The molecule has 0 aromatic heterocycles. The summed E-state index contributed by atoms with van der Waals surface area (Å²) in [5.41, 5.74) is 0.331. The maximum Gasteiger partial charge on any atom is 0.139 e. The van der Waals surface area contributed by atoms with Gasteiger partial charge in [0.1, 0.15) is 5.78 Å². The summed E-state index contributed by atoms with van der Waals surface area (Å²) in [6.07, 6.45) is 7.53. The molecule has 18 heavy (non-hydrogen) atoms. The van der Waals surface area contributed by atoms with E-state index in [1.165, 1.54) is 6.42 Å². The fourth-order valence-corrected chi connectivity index (χ4v) is 5.18. The van der Waals surface area contributed by atoms with Gasteiger partial charge in [-0.05, 0) is 62.2 Å². The summed E-state index contributed by atoms with van der Waals surface area (Å²) in [4.78, 5) is 12.4. The third kappa shape index (κ3) is 1.76. The lowest BCUT2D eigenvalue weighted by molar-refractivity contribution is -0.144. The molecule has 6 atom stereocenters. The summed E-state index contributed by atoms with van der Waals surface area (Å²) in [5.74, 6) is 2.43. The number of Topliss-reactive ketones (excluding diaryl/α,β-unsaturated/α-hetero) is 1. The zero-order valence-corrected chi connectivity index (χ0v) is 11.7. The Labute approximate surface area is 110 Å². The van der Waals surface area contributed by atoms with E-state index in [2.05, 4.69) is 13.8 Å². The van der Waals surface area contributed by atoms with Gasteiger partial charge >= 0.3 is 0 Å². The van der Waals surface area contributed by atoms with Crippen molar-refractivity contribution >= 4 is 5.78 Å². The van der Waals surface area contributed by atoms with E-state index in [0.717, 1.165) is 38.5 Å². The van der Waals surface area contributed by atoms with Crippen LogP contribution in [0.2, 0.25) is 0 Å². The van der Waals surface area contributed by atoms with E-state index in [0.29, 0.717) is 34.9 Å². The second-order valence-electron chi connectivity index (χ2n) is 7.30. The van der Waals surface area contributed by atoms with Gasteiger partial charge < -0.3 is 5.11 Å². The van der Waals surface area contributed by atoms with E-state index in [9.17, 15) is 9.90 Å². The van der Waals surface area contributed by atoms with Crippen molar-refractivity contribution in [2.24, 2.45) is 29.1 Å². The monoisotopic (exact) mass is 250 g/mol. The molecule has 0 radical (unpaired) electrons. The fraction of sp³-hybridized carbons (Fsp3) is 0.938. The maximum absolute atomic E-state index is 12.4. The van der Waals surface area contributed by atoms with E-state index in [1.54, 1.807) is 0 Å². The number of rotatable bonds is 0. The smallest absolute Gasteiger partial charge is 0.139 e. The third-order valence-corrected chi connectivity index (χ3v) is 6.43. The maximum atomic E-state index is 12.4. The highest BCUT2D eigenvalue weighted by atomic mass is 16.3. The molecule has 0 heterocycles. The average molecular weight is 250 g/mol.